The molecule has 2 aromatic rings. The zero-order chi connectivity index (χ0) is 22.2. The molecule has 1 aliphatic heterocycles. The number of hydrogen-bond acceptors (Lipinski definition) is 8. The van der Waals surface area contributed by atoms with E-state index in [0.29, 0.717) is 16.6 Å². The third-order valence-corrected chi connectivity index (χ3v) is 4.81. The van der Waals surface area contributed by atoms with E-state index in [-0.39, 0.29) is 11.8 Å². The molecule has 0 bridgehead atoms. The Morgan fingerprint density at radius 1 is 1.10 bits per heavy atom. The lowest BCUT2D eigenvalue weighted by Gasteiger charge is -2.32. The topological polar surface area (TPSA) is 123 Å². The van der Waals surface area contributed by atoms with Crippen LogP contribution < -0.4 is 20.5 Å². The van der Waals surface area contributed by atoms with Gasteiger partial charge in [0.1, 0.15) is 11.9 Å². The molecule has 2 heterocycles. The summed E-state index contributed by atoms with van der Waals surface area (Å²) in [7, 11) is 0. The minimum absolute atomic E-state index is 0.0356. The molecule has 0 aliphatic carbocycles. The second-order valence-electron chi connectivity index (χ2n) is 6.79. The summed E-state index contributed by atoms with van der Waals surface area (Å²) < 4.78 is 10.5. The Morgan fingerprint density at radius 2 is 1.84 bits per heavy atom. The van der Waals surface area contributed by atoms with Crippen molar-refractivity contribution in [2.75, 3.05) is 24.6 Å². The van der Waals surface area contributed by atoms with Crippen molar-refractivity contribution >= 4 is 35.2 Å². The van der Waals surface area contributed by atoms with Gasteiger partial charge in [0.05, 0.1) is 5.02 Å². The monoisotopic (exact) mass is 447 g/mol. The normalized spacial score (nSPS) is 13.9. The Balaban J connectivity index is 1.46. The van der Waals surface area contributed by atoms with E-state index < -0.39 is 24.4 Å². The van der Waals surface area contributed by atoms with Gasteiger partial charge in [0, 0.05) is 32.9 Å². The molecule has 1 saturated heterocycles. The van der Waals surface area contributed by atoms with Crippen LogP contribution in [0.15, 0.2) is 36.4 Å². The van der Waals surface area contributed by atoms with E-state index in [0.717, 1.165) is 25.9 Å². The number of anilines is 1. The second kappa shape index (κ2) is 10.6. The summed E-state index contributed by atoms with van der Waals surface area (Å²) in [6, 6.07) is 10.6. The lowest BCUT2D eigenvalue weighted by atomic mass is 10.1. The van der Waals surface area contributed by atoms with Crippen molar-refractivity contribution in [1.29, 1.82) is 0 Å². The Hall–Kier alpha value is -3.40. The molecular formula is C20H22ClN5O5. The maximum Gasteiger partial charge on any atom is 0.303 e. The number of esters is 1. The summed E-state index contributed by atoms with van der Waals surface area (Å²) in [5.74, 6) is -0.580. The van der Waals surface area contributed by atoms with E-state index in [2.05, 4.69) is 30.7 Å². The first-order chi connectivity index (χ1) is 14.9. The Kier molecular flexibility index (Phi) is 7.60. The number of carbonyl (C=O) groups is 3. The van der Waals surface area contributed by atoms with Crippen LogP contribution in [0.3, 0.4) is 0 Å². The van der Waals surface area contributed by atoms with Crippen LogP contribution in [0, 0.1) is 0 Å². The summed E-state index contributed by atoms with van der Waals surface area (Å²) in [5, 5.41) is 8.61. The minimum Gasteiger partial charge on any atom is -0.489 e. The number of hydrogen-bond donors (Lipinski definition) is 2. The smallest absolute Gasteiger partial charge is 0.303 e. The Labute approximate surface area is 183 Å². The minimum atomic E-state index is -0.671. The Morgan fingerprint density at radius 3 is 2.48 bits per heavy atom. The van der Waals surface area contributed by atoms with Gasteiger partial charge in [-0.2, -0.15) is 0 Å². The van der Waals surface area contributed by atoms with Crippen LogP contribution in [-0.4, -0.2) is 53.8 Å². The number of hydrazine groups is 1. The number of nitrogens with one attached hydrogen (secondary N) is 2. The van der Waals surface area contributed by atoms with Gasteiger partial charge in [-0.15, -0.1) is 10.2 Å². The molecule has 1 aromatic carbocycles. The third kappa shape index (κ3) is 6.54. The summed E-state index contributed by atoms with van der Waals surface area (Å²) in [6.45, 7) is 2.14. The van der Waals surface area contributed by atoms with Crippen LogP contribution in [0.2, 0.25) is 5.02 Å². The van der Waals surface area contributed by atoms with Crippen molar-refractivity contribution in [1.82, 2.24) is 21.0 Å². The maximum atomic E-state index is 12.0. The number of benzene rings is 1. The van der Waals surface area contributed by atoms with Crippen molar-refractivity contribution in [2.45, 2.75) is 25.9 Å². The van der Waals surface area contributed by atoms with Crippen molar-refractivity contribution in [3.8, 4) is 5.75 Å². The zero-order valence-corrected chi connectivity index (χ0v) is 17.6. The molecule has 2 N–H and O–H groups in total. The first-order valence-corrected chi connectivity index (χ1v) is 10.0. The van der Waals surface area contributed by atoms with Gasteiger partial charge >= 0.3 is 5.97 Å². The third-order valence-electron chi connectivity index (χ3n) is 4.50. The molecular weight excluding hydrogens is 426 g/mol. The predicted molar refractivity (Wildman–Crippen MR) is 112 cm³/mol. The highest BCUT2D eigenvalue weighted by Crippen LogP contribution is 2.27. The van der Waals surface area contributed by atoms with E-state index in [1.165, 1.54) is 13.0 Å². The SMILES string of the molecule is CC(=O)OCC(=O)NNC(=O)c1ccc(N2CCC(Oc3ccccc3Cl)CC2)nn1. The quantitative estimate of drug-likeness (QED) is 0.504. The molecule has 0 atom stereocenters. The van der Waals surface area contributed by atoms with Crippen LogP contribution in [0.4, 0.5) is 5.82 Å². The maximum absolute atomic E-state index is 12.0. The molecule has 1 aromatic heterocycles. The van der Waals surface area contributed by atoms with Crippen LogP contribution in [0.1, 0.15) is 30.3 Å². The summed E-state index contributed by atoms with van der Waals surface area (Å²) in [5.41, 5.74) is 4.34. The number of nitrogens with zero attached hydrogens (tertiary/aromatic N) is 3. The molecule has 0 saturated carbocycles. The number of rotatable bonds is 6. The average Bonchev–Trinajstić information content (AvgIpc) is 2.78. The summed E-state index contributed by atoms with van der Waals surface area (Å²) in [4.78, 5) is 36.2. The van der Waals surface area contributed by atoms with E-state index in [4.69, 9.17) is 16.3 Å². The average molecular weight is 448 g/mol. The molecule has 164 valence electrons. The highest BCUT2D eigenvalue weighted by atomic mass is 35.5. The van der Waals surface area contributed by atoms with E-state index in [9.17, 15) is 14.4 Å². The van der Waals surface area contributed by atoms with Crippen LogP contribution in [0.5, 0.6) is 5.75 Å². The molecule has 0 radical (unpaired) electrons. The molecule has 1 aliphatic rings. The number of ether oxygens (including phenoxy) is 2. The van der Waals surface area contributed by atoms with Gasteiger partial charge < -0.3 is 14.4 Å². The highest BCUT2D eigenvalue weighted by Gasteiger charge is 2.22. The molecule has 1 fully saturated rings. The highest BCUT2D eigenvalue weighted by molar-refractivity contribution is 6.32. The molecule has 0 unspecified atom stereocenters. The van der Waals surface area contributed by atoms with Crippen molar-refractivity contribution in [3.05, 3.63) is 47.1 Å². The van der Waals surface area contributed by atoms with E-state index in [1.54, 1.807) is 12.1 Å². The van der Waals surface area contributed by atoms with Crippen molar-refractivity contribution in [2.24, 2.45) is 0 Å². The number of aromatic nitrogens is 2. The van der Waals surface area contributed by atoms with Crippen molar-refractivity contribution < 1.29 is 23.9 Å². The molecule has 2 amide bonds. The molecule has 3 rings (SSSR count). The zero-order valence-electron chi connectivity index (χ0n) is 16.8. The van der Waals surface area contributed by atoms with Gasteiger partial charge in [0.25, 0.3) is 11.8 Å². The summed E-state index contributed by atoms with van der Waals surface area (Å²) in [6.07, 6.45) is 1.65. The van der Waals surface area contributed by atoms with Gasteiger partial charge in [-0.05, 0) is 24.3 Å². The van der Waals surface area contributed by atoms with Gasteiger partial charge in [-0.3, -0.25) is 25.2 Å². The number of amides is 2. The molecule has 31 heavy (non-hydrogen) atoms. The molecule has 0 spiro atoms. The standard InChI is InChI=1S/C20H22ClN5O5/c1-13(27)30-12-19(28)24-25-20(29)16-6-7-18(23-22-16)26-10-8-14(9-11-26)31-17-5-3-2-4-15(17)21/h2-7,14H,8-12H2,1H3,(H,24,28)(H,25,29). The fraction of sp³-hybridized carbons (Fsp3) is 0.350. The Bertz CT molecular complexity index is 932. The second-order valence-corrected chi connectivity index (χ2v) is 7.20. The molecule has 11 heteroatoms. The van der Waals surface area contributed by atoms with Gasteiger partial charge in [0.15, 0.2) is 18.1 Å². The van der Waals surface area contributed by atoms with Crippen molar-refractivity contribution in [3.63, 3.8) is 0 Å². The van der Waals surface area contributed by atoms with E-state index >= 15 is 0 Å². The fourth-order valence-electron chi connectivity index (χ4n) is 2.93. The largest absolute Gasteiger partial charge is 0.489 e. The van der Waals surface area contributed by atoms with Gasteiger partial charge in [-0.25, -0.2) is 0 Å². The van der Waals surface area contributed by atoms with Crippen LogP contribution in [-0.2, 0) is 14.3 Å². The summed E-state index contributed by atoms with van der Waals surface area (Å²) >= 11 is 6.15. The van der Waals surface area contributed by atoms with E-state index in [1.807, 2.05) is 18.2 Å². The first-order valence-electron chi connectivity index (χ1n) is 9.65. The number of carbonyl (C=O) groups excluding carboxylic acids is 3. The number of halogens is 1. The molecule has 10 nitrogen and oxygen atoms in total. The predicted octanol–water partition coefficient (Wildman–Crippen LogP) is 1.50. The fourth-order valence-corrected chi connectivity index (χ4v) is 3.11. The lowest BCUT2D eigenvalue weighted by Crippen LogP contribution is -2.44. The van der Waals surface area contributed by atoms with Crippen LogP contribution in [0.25, 0.3) is 0 Å². The number of piperidine rings is 1. The number of para-hydroxylation sites is 1. The van der Waals surface area contributed by atoms with Gasteiger partial charge in [0.2, 0.25) is 0 Å². The first kappa shape index (κ1) is 22.3. The van der Waals surface area contributed by atoms with Crippen LogP contribution >= 0.6 is 11.6 Å². The lowest BCUT2D eigenvalue weighted by molar-refractivity contribution is -0.146. The van der Waals surface area contributed by atoms with Gasteiger partial charge in [-0.1, -0.05) is 23.7 Å².